The summed E-state index contributed by atoms with van der Waals surface area (Å²) < 4.78 is 0. The second-order valence-corrected chi connectivity index (χ2v) is 6.97. The first-order chi connectivity index (χ1) is 13.1. The molecule has 0 spiro atoms. The Bertz CT molecular complexity index is 857. The number of aliphatic hydroxyl groups excluding tert-OH is 1. The summed E-state index contributed by atoms with van der Waals surface area (Å²) in [6, 6.07) is 6.20. The molecule has 3 N–H and O–H groups in total. The van der Waals surface area contributed by atoms with Crippen molar-refractivity contribution in [1.82, 2.24) is 10.3 Å². The van der Waals surface area contributed by atoms with Crippen molar-refractivity contribution in [3.8, 4) is 12.3 Å². The van der Waals surface area contributed by atoms with Gasteiger partial charge in [-0.25, -0.2) is 9.78 Å². The average Bonchev–Trinajstić information content (AvgIpc) is 3.14. The lowest BCUT2D eigenvalue weighted by atomic mass is 10.1. The second kappa shape index (κ2) is 8.66. The predicted octanol–water partition coefficient (Wildman–Crippen LogP) is 2.50. The zero-order valence-corrected chi connectivity index (χ0v) is 15.5. The maximum Gasteiger partial charge on any atom is 0.320 e. The number of hydrogen-bond acceptors (Lipinski definition) is 5. The third-order valence-electron chi connectivity index (χ3n) is 4.29. The Kier molecular flexibility index (Phi) is 6.06. The van der Waals surface area contributed by atoms with E-state index >= 15 is 0 Å². The number of carbonyl (C=O) groups is 2. The monoisotopic (exact) mass is 384 g/mol. The molecule has 1 aliphatic heterocycles. The molecule has 7 nitrogen and oxygen atoms in total. The van der Waals surface area contributed by atoms with E-state index in [1.54, 1.807) is 22.4 Å². The van der Waals surface area contributed by atoms with E-state index < -0.39 is 12.1 Å². The number of benzene rings is 1. The van der Waals surface area contributed by atoms with E-state index in [4.69, 9.17) is 6.42 Å². The molecule has 1 atom stereocenters. The van der Waals surface area contributed by atoms with Crippen molar-refractivity contribution >= 4 is 34.8 Å². The first-order valence-corrected chi connectivity index (χ1v) is 9.49. The van der Waals surface area contributed by atoms with E-state index in [0.717, 1.165) is 30.6 Å². The highest BCUT2D eigenvalue weighted by Gasteiger charge is 2.20. The van der Waals surface area contributed by atoms with Crippen molar-refractivity contribution in [1.29, 1.82) is 0 Å². The van der Waals surface area contributed by atoms with Crippen LogP contribution in [0.5, 0.6) is 0 Å². The molecule has 1 aromatic heterocycles. The lowest BCUT2D eigenvalue weighted by Gasteiger charge is -2.27. The number of rotatable bonds is 5. The highest BCUT2D eigenvalue weighted by molar-refractivity contribution is 7.10. The summed E-state index contributed by atoms with van der Waals surface area (Å²) in [5.74, 6) is 2.89. The van der Waals surface area contributed by atoms with Crippen LogP contribution in [0.25, 0.3) is 0 Å². The molecule has 0 radical (unpaired) electrons. The molecule has 8 heteroatoms. The van der Waals surface area contributed by atoms with Crippen LogP contribution in [0, 0.1) is 12.3 Å². The topological polar surface area (TPSA) is 94.6 Å². The first kappa shape index (κ1) is 18.9. The maximum atomic E-state index is 12.1. The number of carbonyl (C=O) groups excluding carboxylic acids is 2. The van der Waals surface area contributed by atoms with Crippen molar-refractivity contribution in [2.24, 2.45) is 0 Å². The third kappa shape index (κ3) is 4.64. The molecule has 1 fully saturated rings. The summed E-state index contributed by atoms with van der Waals surface area (Å²) in [6.07, 6.45) is 7.75. The van der Waals surface area contributed by atoms with E-state index in [9.17, 15) is 14.7 Å². The Morgan fingerprint density at radius 1 is 1.37 bits per heavy atom. The zero-order chi connectivity index (χ0) is 19.2. The summed E-state index contributed by atoms with van der Waals surface area (Å²) in [4.78, 5) is 30.0. The molecule has 1 aliphatic rings. The highest BCUT2D eigenvalue weighted by Crippen LogP contribution is 2.23. The summed E-state index contributed by atoms with van der Waals surface area (Å²) in [5, 5.41) is 17.1. The van der Waals surface area contributed by atoms with Gasteiger partial charge in [-0.1, -0.05) is 12.1 Å². The molecule has 27 heavy (non-hydrogen) atoms. The fourth-order valence-electron chi connectivity index (χ4n) is 2.91. The van der Waals surface area contributed by atoms with Gasteiger partial charge in [0.25, 0.3) is 0 Å². The van der Waals surface area contributed by atoms with Crippen molar-refractivity contribution in [3.05, 3.63) is 40.2 Å². The molecule has 0 unspecified atom stereocenters. The molecule has 0 aliphatic carbocycles. The number of hydrogen-bond donors (Lipinski definition) is 3. The summed E-state index contributed by atoms with van der Waals surface area (Å²) in [5.41, 5.74) is 1.57. The molecule has 0 bridgehead atoms. The van der Waals surface area contributed by atoms with E-state index in [-0.39, 0.29) is 12.5 Å². The number of terminal acetylenes is 1. The quantitative estimate of drug-likeness (QED) is 0.691. The minimum atomic E-state index is -0.582. The number of thiazole rings is 1. The molecule has 3 amide bonds. The molecular formula is C19H20N4O3S. The minimum absolute atomic E-state index is 0.125. The largest absolute Gasteiger partial charge is 0.394 e. The van der Waals surface area contributed by atoms with Crippen LogP contribution >= 0.6 is 11.3 Å². The summed E-state index contributed by atoms with van der Waals surface area (Å²) in [6.45, 7) is 0.456. The standard InChI is InChI=1S/C19H20N4O3S/c1-2-17-21-16(12-27-17)22-19(26)20-15(11-24)13-6-8-14(9-7-13)23-10-4-3-5-18(23)25/h1,6-9,12,15,24H,3-5,10-11H2,(H2,20,22,26)/t15-/m0/s1. The molecule has 3 rings (SSSR count). The van der Waals surface area contributed by atoms with Gasteiger partial charge >= 0.3 is 6.03 Å². The van der Waals surface area contributed by atoms with Crippen LogP contribution in [-0.4, -0.2) is 35.2 Å². The van der Waals surface area contributed by atoms with E-state index in [1.165, 1.54) is 11.3 Å². The van der Waals surface area contributed by atoms with Crippen LogP contribution < -0.4 is 15.5 Å². The lowest BCUT2D eigenvalue weighted by Crippen LogP contribution is -2.35. The van der Waals surface area contributed by atoms with Crippen LogP contribution in [0.1, 0.15) is 35.9 Å². The third-order valence-corrected chi connectivity index (χ3v) is 5.06. The Labute approximate surface area is 161 Å². The normalized spacial score (nSPS) is 15.1. The highest BCUT2D eigenvalue weighted by atomic mass is 32.1. The Morgan fingerprint density at radius 3 is 2.78 bits per heavy atom. The lowest BCUT2D eigenvalue weighted by molar-refractivity contribution is -0.119. The number of nitrogens with one attached hydrogen (secondary N) is 2. The molecule has 2 aromatic rings. The van der Waals surface area contributed by atoms with Crippen molar-refractivity contribution in [2.75, 3.05) is 23.4 Å². The van der Waals surface area contributed by atoms with Gasteiger partial charge in [0.15, 0.2) is 5.01 Å². The van der Waals surface area contributed by atoms with Gasteiger partial charge in [-0.05, 0) is 36.5 Å². The van der Waals surface area contributed by atoms with Crippen LogP contribution in [-0.2, 0) is 4.79 Å². The Balaban J connectivity index is 1.63. The van der Waals surface area contributed by atoms with Crippen LogP contribution in [0.15, 0.2) is 29.6 Å². The molecule has 1 saturated heterocycles. The molecular weight excluding hydrogens is 364 g/mol. The Morgan fingerprint density at radius 2 is 2.15 bits per heavy atom. The number of piperidine rings is 1. The van der Waals surface area contributed by atoms with Gasteiger partial charge in [-0.15, -0.1) is 17.8 Å². The van der Waals surface area contributed by atoms with Gasteiger partial charge in [-0.2, -0.15) is 0 Å². The first-order valence-electron chi connectivity index (χ1n) is 8.61. The fraction of sp³-hybridized carbons (Fsp3) is 0.316. The number of amides is 3. The summed E-state index contributed by atoms with van der Waals surface area (Å²) in [7, 11) is 0. The number of anilines is 2. The van der Waals surface area contributed by atoms with Crippen molar-refractivity contribution in [2.45, 2.75) is 25.3 Å². The number of urea groups is 1. The van der Waals surface area contributed by atoms with Crippen LogP contribution in [0.4, 0.5) is 16.3 Å². The SMILES string of the molecule is C#Cc1nc(NC(=O)N[C@@H](CO)c2ccc(N3CCCCC3=O)cc2)cs1. The van der Waals surface area contributed by atoms with Gasteiger partial charge < -0.3 is 15.3 Å². The molecule has 2 heterocycles. The van der Waals surface area contributed by atoms with Crippen molar-refractivity contribution in [3.63, 3.8) is 0 Å². The molecule has 140 valence electrons. The molecule has 0 saturated carbocycles. The van der Waals surface area contributed by atoms with Gasteiger partial charge in [0, 0.05) is 24.0 Å². The number of aromatic nitrogens is 1. The maximum absolute atomic E-state index is 12.1. The number of nitrogens with zero attached hydrogens (tertiary/aromatic N) is 2. The second-order valence-electron chi connectivity index (χ2n) is 6.11. The average molecular weight is 384 g/mol. The van der Waals surface area contributed by atoms with E-state index in [0.29, 0.717) is 17.2 Å². The van der Waals surface area contributed by atoms with Gasteiger partial charge in [0.1, 0.15) is 5.82 Å². The van der Waals surface area contributed by atoms with E-state index in [1.807, 2.05) is 12.1 Å². The van der Waals surface area contributed by atoms with Gasteiger partial charge in [0.05, 0.1) is 12.6 Å². The smallest absolute Gasteiger partial charge is 0.320 e. The predicted molar refractivity (Wildman–Crippen MR) is 105 cm³/mol. The van der Waals surface area contributed by atoms with Crippen molar-refractivity contribution < 1.29 is 14.7 Å². The number of aliphatic hydroxyl groups is 1. The van der Waals surface area contributed by atoms with Crippen LogP contribution in [0.3, 0.4) is 0 Å². The van der Waals surface area contributed by atoms with Crippen LogP contribution in [0.2, 0.25) is 0 Å². The minimum Gasteiger partial charge on any atom is -0.394 e. The van der Waals surface area contributed by atoms with Gasteiger partial charge in [-0.3, -0.25) is 10.1 Å². The Hall–Kier alpha value is -2.89. The van der Waals surface area contributed by atoms with Gasteiger partial charge in [0.2, 0.25) is 5.91 Å². The zero-order valence-electron chi connectivity index (χ0n) is 14.6. The van der Waals surface area contributed by atoms with E-state index in [2.05, 4.69) is 21.5 Å². The molecule has 1 aromatic carbocycles. The fourth-order valence-corrected chi connectivity index (χ4v) is 3.46. The summed E-state index contributed by atoms with van der Waals surface area (Å²) >= 11 is 1.26.